The number of likely N-dealkylation sites (N-methyl/N-ethyl adjacent to an activating group) is 1. The molecule has 28 heavy (non-hydrogen) atoms. The minimum atomic E-state index is 0.0320. The predicted octanol–water partition coefficient (Wildman–Crippen LogP) is 5.60. The number of aromatic nitrogens is 1. The zero-order valence-corrected chi connectivity index (χ0v) is 19.1. The largest absolute Gasteiger partial charge is 0.308 e. The molecule has 1 amide bonds. The SMILES string of the molecule is Cc1c(Cl)ccc2sc(N(CCN(C)C)C(=O)CSc3ccc(Cl)cc3)nc12. The minimum Gasteiger partial charge on any atom is -0.308 e. The van der Waals surface area contributed by atoms with Gasteiger partial charge in [0.2, 0.25) is 5.91 Å². The van der Waals surface area contributed by atoms with E-state index in [0.717, 1.165) is 27.2 Å². The monoisotopic (exact) mass is 453 g/mol. The van der Waals surface area contributed by atoms with Crippen LogP contribution in [0.15, 0.2) is 41.3 Å². The third-order valence-corrected chi connectivity index (χ3v) is 6.92. The number of halogens is 2. The van der Waals surface area contributed by atoms with Gasteiger partial charge in [0.1, 0.15) is 0 Å². The van der Waals surface area contributed by atoms with Crippen LogP contribution in [0.4, 0.5) is 5.13 Å². The van der Waals surface area contributed by atoms with E-state index in [0.29, 0.717) is 27.5 Å². The van der Waals surface area contributed by atoms with Crippen LogP contribution in [0.1, 0.15) is 5.56 Å². The number of thiazole rings is 1. The molecule has 0 aliphatic rings. The van der Waals surface area contributed by atoms with Crippen molar-refractivity contribution in [3.05, 3.63) is 52.0 Å². The summed E-state index contributed by atoms with van der Waals surface area (Å²) in [7, 11) is 3.99. The minimum absolute atomic E-state index is 0.0320. The second kappa shape index (κ2) is 9.46. The lowest BCUT2D eigenvalue weighted by Gasteiger charge is -2.21. The molecule has 0 unspecified atom stereocenters. The fourth-order valence-corrected chi connectivity index (χ4v) is 4.71. The average molecular weight is 454 g/mol. The van der Waals surface area contributed by atoms with E-state index < -0.39 is 0 Å². The zero-order chi connectivity index (χ0) is 20.3. The average Bonchev–Trinajstić information content (AvgIpc) is 3.09. The molecule has 0 saturated carbocycles. The number of hydrogen-bond acceptors (Lipinski definition) is 5. The number of carbonyl (C=O) groups excluding carboxylic acids is 1. The molecule has 0 aliphatic heterocycles. The molecule has 0 atom stereocenters. The molecule has 1 heterocycles. The molecule has 2 aromatic carbocycles. The first kappa shape index (κ1) is 21.4. The van der Waals surface area contributed by atoms with Crippen molar-refractivity contribution in [2.24, 2.45) is 0 Å². The van der Waals surface area contributed by atoms with Crippen LogP contribution >= 0.6 is 46.3 Å². The number of nitrogens with zero attached hydrogens (tertiary/aromatic N) is 3. The quantitative estimate of drug-likeness (QED) is 0.436. The molecule has 0 spiro atoms. The van der Waals surface area contributed by atoms with E-state index in [2.05, 4.69) is 4.90 Å². The first-order valence-electron chi connectivity index (χ1n) is 8.74. The molecular formula is C20H21Cl2N3OS2. The molecule has 0 fully saturated rings. The van der Waals surface area contributed by atoms with Gasteiger partial charge in [0.15, 0.2) is 5.13 Å². The van der Waals surface area contributed by atoms with E-state index in [1.54, 1.807) is 4.90 Å². The number of benzene rings is 2. The highest BCUT2D eigenvalue weighted by Crippen LogP contribution is 2.34. The highest BCUT2D eigenvalue weighted by Gasteiger charge is 2.21. The maximum absolute atomic E-state index is 13.0. The van der Waals surface area contributed by atoms with Gasteiger partial charge in [-0.15, -0.1) is 11.8 Å². The molecule has 0 radical (unpaired) electrons. The Morgan fingerprint density at radius 3 is 2.50 bits per heavy atom. The van der Waals surface area contributed by atoms with Gasteiger partial charge in [0.25, 0.3) is 0 Å². The molecule has 0 saturated heterocycles. The maximum Gasteiger partial charge on any atom is 0.239 e. The summed E-state index contributed by atoms with van der Waals surface area (Å²) < 4.78 is 1.03. The van der Waals surface area contributed by atoms with E-state index in [1.165, 1.54) is 23.1 Å². The predicted molar refractivity (Wildman–Crippen MR) is 122 cm³/mol. The maximum atomic E-state index is 13.0. The Bertz CT molecular complexity index is 973. The molecule has 0 bridgehead atoms. The van der Waals surface area contributed by atoms with Crippen LogP contribution in [-0.4, -0.2) is 48.7 Å². The number of anilines is 1. The van der Waals surface area contributed by atoms with Gasteiger partial charge < -0.3 is 4.90 Å². The van der Waals surface area contributed by atoms with Crippen molar-refractivity contribution in [3.8, 4) is 0 Å². The van der Waals surface area contributed by atoms with Crippen LogP contribution in [-0.2, 0) is 4.79 Å². The molecular weight excluding hydrogens is 433 g/mol. The van der Waals surface area contributed by atoms with Gasteiger partial charge in [-0.25, -0.2) is 4.98 Å². The van der Waals surface area contributed by atoms with Gasteiger partial charge in [0.05, 0.1) is 16.0 Å². The standard InChI is InChI=1S/C20H21Cl2N3OS2/c1-13-16(22)8-9-17-19(13)23-20(28-17)25(11-10-24(2)3)18(26)12-27-15-6-4-14(21)5-7-15/h4-9H,10-12H2,1-3H3. The molecule has 0 N–H and O–H groups in total. The molecule has 8 heteroatoms. The number of aryl methyl sites for hydroxylation is 1. The van der Waals surface area contributed by atoms with Crippen molar-refractivity contribution in [3.63, 3.8) is 0 Å². The summed E-state index contributed by atoms with van der Waals surface area (Å²) in [5.74, 6) is 0.370. The topological polar surface area (TPSA) is 36.4 Å². The summed E-state index contributed by atoms with van der Waals surface area (Å²) >= 11 is 15.2. The Morgan fingerprint density at radius 2 is 1.82 bits per heavy atom. The van der Waals surface area contributed by atoms with Gasteiger partial charge in [-0.1, -0.05) is 34.5 Å². The van der Waals surface area contributed by atoms with E-state index in [9.17, 15) is 4.79 Å². The molecule has 0 aliphatic carbocycles. The zero-order valence-electron chi connectivity index (χ0n) is 15.9. The van der Waals surface area contributed by atoms with E-state index in [1.807, 2.05) is 57.4 Å². The number of amides is 1. The second-order valence-electron chi connectivity index (χ2n) is 6.61. The highest BCUT2D eigenvalue weighted by molar-refractivity contribution is 8.00. The van der Waals surface area contributed by atoms with Gasteiger partial charge >= 0.3 is 0 Å². The van der Waals surface area contributed by atoms with Crippen LogP contribution in [0, 0.1) is 6.92 Å². The van der Waals surface area contributed by atoms with Crippen LogP contribution in [0.2, 0.25) is 10.0 Å². The fourth-order valence-electron chi connectivity index (χ4n) is 2.59. The summed E-state index contributed by atoms with van der Waals surface area (Å²) in [5, 5.41) is 2.09. The number of carbonyl (C=O) groups is 1. The first-order valence-corrected chi connectivity index (χ1v) is 11.3. The number of hydrogen-bond donors (Lipinski definition) is 0. The lowest BCUT2D eigenvalue weighted by atomic mass is 10.2. The third kappa shape index (κ3) is 5.19. The summed E-state index contributed by atoms with van der Waals surface area (Å²) in [4.78, 5) is 22.6. The molecule has 148 valence electrons. The van der Waals surface area contributed by atoms with Crippen molar-refractivity contribution in [2.75, 3.05) is 37.8 Å². The van der Waals surface area contributed by atoms with Crippen molar-refractivity contribution in [1.82, 2.24) is 9.88 Å². The second-order valence-corrected chi connectivity index (χ2v) is 9.51. The Kier molecular flexibility index (Phi) is 7.23. The summed E-state index contributed by atoms with van der Waals surface area (Å²) in [5.41, 5.74) is 1.80. The first-order chi connectivity index (χ1) is 13.3. The van der Waals surface area contributed by atoms with Gasteiger partial charge in [0, 0.05) is 28.0 Å². The van der Waals surface area contributed by atoms with Crippen LogP contribution < -0.4 is 4.90 Å². The normalized spacial score (nSPS) is 11.4. The third-order valence-electron chi connectivity index (χ3n) is 4.22. The molecule has 4 nitrogen and oxygen atoms in total. The summed E-state index contributed by atoms with van der Waals surface area (Å²) in [6.45, 7) is 3.29. The van der Waals surface area contributed by atoms with E-state index >= 15 is 0 Å². The van der Waals surface area contributed by atoms with Crippen LogP contribution in [0.3, 0.4) is 0 Å². The van der Waals surface area contributed by atoms with Gasteiger partial charge in [-0.3, -0.25) is 9.69 Å². The van der Waals surface area contributed by atoms with Gasteiger partial charge in [-0.2, -0.15) is 0 Å². The lowest BCUT2D eigenvalue weighted by Crippen LogP contribution is -2.37. The Hall–Kier alpha value is -1.31. The Morgan fingerprint density at radius 1 is 1.11 bits per heavy atom. The van der Waals surface area contributed by atoms with Crippen molar-refractivity contribution < 1.29 is 4.79 Å². The van der Waals surface area contributed by atoms with Gasteiger partial charge in [-0.05, 0) is 63.0 Å². The number of rotatable bonds is 7. The lowest BCUT2D eigenvalue weighted by molar-refractivity contribution is -0.116. The number of thioether (sulfide) groups is 1. The van der Waals surface area contributed by atoms with E-state index in [-0.39, 0.29) is 5.91 Å². The molecule has 1 aromatic heterocycles. The summed E-state index contributed by atoms with van der Waals surface area (Å²) in [6, 6.07) is 11.4. The van der Waals surface area contributed by atoms with Crippen molar-refractivity contribution in [1.29, 1.82) is 0 Å². The molecule has 3 aromatic rings. The smallest absolute Gasteiger partial charge is 0.239 e. The van der Waals surface area contributed by atoms with Crippen molar-refractivity contribution >= 4 is 67.6 Å². The van der Waals surface area contributed by atoms with E-state index in [4.69, 9.17) is 28.2 Å². The fraction of sp³-hybridized carbons (Fsp3) is 0.300. The van der Waals surface area contributed by atoms with Crippen LogP contribution in [0.25, 0.3) is 10.2 Å². The van der Waals surface area contributed by atoms with Crippen molar-refractivity contribution in [2.45, 2.75) is 11.8 Å². The highest BCUT2D eigenvalue weighted by atomic mass is 35.5. The van der Waals surface area contributed by atoms with Crippen LogP contribution in [0.5, 0.6) is 0 Å². The number of fused-ring (bicyclic) bond motifs is 1. The Labute approximate surface area is 183 Å². The molecule has 3 rings (SSSR count). The summed E-state index contributed by atoms with van der Waals surface area (Å²) in [6.07, 6.45) is 0. The Balaban J connectivity index is 1.82.